The molecule has 0 aliphatic heterocycles. The molecule has 0 unspecified atom stereocenters. The summed E-state index contributed by atoms with van der Waals surface area (Å²) < 4.78 is 0. The first-order valence-corrected chi connectivity index (χ1v) is 5.09. The van der Waals surface area contributed by atoms with Gasteiger partial charge in [0.1, 0.15) is 11.9 Å². The summed E-state index contributed by atoms with van der Waals surface area (Å²) >= 11 is 0. The maximum absolute atomic E-state index is 8.58. The molecule has 0 aromatic carbocycles. The highest BCUT2D eigenvalue weighted by Gasteiger charge is 2.19. The quantitative estimate of drug-likeness (QED) is 0.821. The summed E-state index contributed by atoms with van der Waals surface area (Å²) in [6, 6.07) is 1.94. The van der Waals surface area contributed by atoms with Crippen molar-refractivity contribution in [3.8, 4) is 6.07 Å². The third-order valence-corrected chi connectivity index (χ3v) is 2.68. The molecule has 0 amide bonds. The van der Waals surface area contributed by atoms with Crippen LogP contribution in [0.1, 0.15) is 19.5 Å². The van der Waals surface area contributed by atoms with Crippen molar-refractivity contribution in [2.75, 3.05) is 26.0 Å². The van der Waals surface area contributed by atoms with Gasteiger partial charge in [-0.1, -0.05) is 0 Å². The van der Waals surface area contributed by atoms with Crippen LogP contribution in [0.2, 0.25) is 0 Å². The highest BCUT2D eigenvalue weighted by molar-refractivity contribution is 5.33. The molecule has 0 saturated carbocycles. The van der Waals surface area contributed by atoms with Gasteiger partial charge >= 0.3 is 0 Å². The van der Waals surface area contributed by atoms with Crippen LogP contribution in [0.4, 0.5) is 5.82 Å². The van der Waals surface area contributed by atoms with E-state index in [-0.39, 0.29) is 5.54 Å². The van der Waals surface area contributed by atoms with E-state index in [1.54, 1.807) is 6.20 Å². The lowest BCUT2D eigenvalue weighted by Gasteiger charge is -2.32. The molecule has 1 rings (SSSR count). The van der Waals surface area contributed by atoms with Crippen LogP contribution in [0.3, 0.4) is 0 Å². The topological polar surface area (TPSA) is 64.8 Å². The lowest BCUT2D eigenvalue weighted by molar-refractivity contribution is 0.210. The summed E-state index contributed by atoms with van der Waals surface area (Å²) in [5.41, 5.74) is 0.368. The lowest BCUT2D eigenvalue weighted by Crippen LogP contribution is -2.44. The SMILES string of the molecule is CN(C)C(C)(C)CNc1cnc(C#N)cn1. The van der Waals surface area contributed by atoms with Gasteiger partial charge in [0.2, 0.25) is 0 Å². The number of hydrogen-bond acceptors (Lipinski definition) is 5. The Morgan fingerprint density at radius 3 is 2.50 bits per heavy atom. The number of anilines is 1. The van der Waals surface area contributed by atoms with E-state index in [9.17, 15) is 0 Å². The van der Waals surface area contributed by atoms with E-state index >= 15 is 0 Å². The Hall–Kier alpha value is -1.67. The normalized spacial score (nSPS) is 11.2. The van der Waals surface area contributed by atoms with Crippen molar-refractivity contribution in [2.45, 2.75) is 19.4 Å². The molecule has 0 radical (unpaired) electrons. The Labute approximate surface area is 96.1 Å². The van der Waals surface area contributed by atoms with Crippen LogP contribution in [0.5, 0.6) is 0 Å². The first-order valence-electron chi connectivity index (χ1n) is 5.09. The van der Waals surface area contributed by atoms with Crippen LogP contribution in [-0.2, 0) is 0 Å². The molecule has 1 aromatic rings. The molecule has 0 saturated heterocycles. The number of nitrogens with one attached hydrogen (secondary N) is 1. The second-order valence-electron chi connectivity index (χ2n) is 4.46. The van der Waals surface area contributed by atoms with Crippen molar-refractivity contribution in [3.63, 3.8) is 0 Å². The lowest BCUT2D eigenvalue weighted by atomic mass is 10.0. The molecule has 86 valence electrons. The van der Waals surface area contributed by atoms with Crippen LogP contribution in [-0.4, -0.2) is 41.0 Å². The number of nitriles is 1. The Bertz CT molecular complexity index is 374. The zero-order chi connectivity index (χ0) is 12.2. The van der Waals surface area contributed by atoms with Gasteiger partial charge in [0.25, 0.3) is 0 Å². The molecule has 0 aliphatic rings. The molecular weight excluding hydrogens is 202 g/mol. The molecule has 0 bridgehead atoms. The van der Waals surface area contributed by atoms with E-state index in [1.807, 2.05) is 20.2 Å². The number of hydrogen-bond donors (Lipinski definition) is 1. The molecule has 16 heavy (non-hydrogen) atoms. The van der Waals surface area contributed by atoms with E-state index in [1.165, 1.54) is 6.20 Å². The van der Waals surface area contributed by atoms with Gasteiger partial charge in [-0.3, -0.25) is 0 Å². The predicted octanol–water partition coefficient (Wildman–Crippen LogP) is 1.10. The second-order valence-corrected chi connectivity index (χ2v) is 4.46. The average Bonchev–Trinajstić information content (AvgIpc) is 2.27. The monoisotopic (exact) mass is 219 g/mol. The number of likely N-dealkylation sites (N-methyl/N-ethyl adjacent to an activating group) is 1. The van der Waals surface area contributed by atoms with Crippen molar-refractivity contribution >= 4 is 5.82 Å². The summed E-state index contributed by atoms with van der Waals surface area (Å²) in [4.78, 5) is 10.2. The summed E-state index contributed by atoms with van der Waals surface area (Å²) in [7, 11) is 4.07. The third kappa shape index (κ3) is 3.17. The molecule has 0 spiro atoms. The minimum absolute atomic E-state index is 0.0373. The predicted molar refractivity (Wildman–Crippen MR) is 63.0 cm³/mol. The molecule has 0 atom stereocenters. The summed E-state index contributed by atoms with van der Waals surface area (Å²) in [6.07, 6.45) is 3.04. The standard InChI is InChI=1S/C11H17N5/c1-11(2,16(3)4)8-15-10-7-13-9(5-12)6-14-10/h6-7H,8H2,1-4H3,(H,14,15). The minimum Gasteiger partial charge on any atom is -0.367 e. The number of rotatable bonds is 4. The van der Waals surface area contributed by atoms with Gasteiger partial charge in [0, 0.05) is 12.1 Å². The molecule has 5 nitrogen and oxygen atoms in total. The van der Waals surface area contributed by atoms with Gasteiger partial charge in [-0.05, 0) is 27.9 Å². The Kier molecular flexibility index (Phi) is 3.80. The molecule has 5 heteroatoms. The van der Waals surface area contributed by atoms with E-state index in [2.05, 4.69) is 34.0 Å². The molecule has 0 aliphatic carbocycles. The van der Waals surface area contributed by atoms with Crippen molar-refractivity contribution in [1.82, 2.24) is 14.9 Å². The van der Waals surface area contributed by atoms with Gasteiger partial charge in [-0.15, -0.1) is 0 Å². The summed E-state index contributed by atoms with van der Waals surface area (Å²) in [5.74, 6) is 0.689. The summed E-state index contributed by atoms with van der Waals surface area (Å²) in [5, 5.41) is 11.8. The van der Waals surface area contributed by atoms with Crippen molar-refractivity contribution < 1.29 is 0 Å². The maximum Gasteiger partial charge on any atom is 0.158 e. The Morgan fingerprint density at radius 2 is 2.06 bits per heavy atom. The first kappa shape index (κ1) is 12.4. The first-order chi connectivity index (χ1) is 7.45. The van der Waals surface area contributed by atoms with E-state index in [4.69, 9.17) is 5.26 Å². The zero-order valence-electron chi connectivity index (χ0n) is 10.2. The maximum atomic E-state index is 8.58. The van der Waals surface area contributed by atoms with Crippen LogP contribution < -0.4 is 5.32 Å². The second kappa shape index (κ2) is 4.90. The van der Waals surface area contributed by atoms with Gasteiger partial charge in [0.05, 0.1) is 12.4 Å². The fraction of sp³-hybridized carbons (Fsp3) is 0.545. The fourth-order valence-electron chi connectivity index (χ4n) is 0.942. The highest BCUT2D eigenvalue weighted by atomic mass is 15.2. The van der Waals surface area contributed by atoms with Crippen LogP contribution in [0.25, 0.3) is 0 Å². The average molecular weight is 219 g/mol. The van der Waals surface area contributed by atoms with Gasteiger partial charge in [0.15, 0.2) is 5.69 Å². The third-order valence-electron chi connectivity index (χ3n) is 2.68. The van der Waals surface area contributed by atoms with Crippen molar-refractivity contribution in [2.24, 2.45) is 0 Å². The van der Waals surface area contributed by atoms with Gasteiger partial charge in [-0.25, -0.2) is 9.97 Å². The van der Waals surface area contributed by atoms with Crippen LogP contribution in [0, 0.1) is 11.3 Å². The van der Waals surface area contributed by atoms with Gasteiger partial charge in [-0.2, -0.15) is 5.26 Å². The zero-order valence-corrected chi connectivity index (χ0v) is 10.2. The Balaban J connectivity index is 2.59. The highest BCUT2D eigenvalue weighted by Crippen LogP contribution is 2.11. The molecular formula is C11H17N5. The number of nitrogens with zero attached hydrogens (tertiary/aromatic N) is 4. The molecule has 0 fully saturated rings. The van der Waals surface area contributed by atoms with Crippen LogP contribution in [0.15, 0.2) is 12.4 Å². The van der Waals surface area contributed by atoms with Crippen molar-refractivity contribution in [1.29, 1.82) is 5.26 Å². The molecule has 1 aromatic heterocycles. The Morgan fingerprint density at radius 1 is 1.38 bits per heavy atom. The minimum atomic E-state index is 0.0373. The summed E-state index contributed by atoms with van der Waals surface area (Å²) in [6.45, 7) is 5.04. The van der Waals surface area contributed by atoms with E-state index in [0.717, 1.165) is 6.54 Å². The molecule has 1 N–H and O–H groups in total. The van der Waals surface area contributed by atoms with Crippen molar-refractivity contribution in [3.05, 3.63) is 18.1 Å². The largest absolute Gasteiger partial charge is 0.367 e. The van der Waals surface area contributed by atoms with E-state index in [0.29, 0.717) is 11.5 Å². The van der Waals surface area contributed by atoms with Gasteiger partial charge < -0.3 is 10.2 Å². The smallest absolute Gasteiger partial charge is 0.158 e. The number of aromatic nitrogens is 2. The fourth-order valence-corrected chi connectivity index (χ4v) is 0.942. The molecule has 1 heterocycles. The van der Waals surface area contributed by atoms with Crippen LogP contribution >= 0.6 is 0 Å². The van der Waals surface area contributed by atoms with E-state index < -0.39 is 0 Å².